The van der Waals surface area contributed by atoms with Crippen molar-refractivity contribution in [2.45, 2.75) is 37.5 Å². The normalized spacial score (nSPS) is 21.6. The lowest BCUT2D eigenvalue weighted by molar-refractivity contribution is 0.0472. The molecule has 2 atom stereocenters. The lowest BCUT2D eigenvalue weighted by atomic mass is 9.97. The number of nitrogen functional groups attached to an aromatic ring is 1. The molecular formula is C27H30FN7O. The highest BCUT2D eigenvalue weighted by molar-refractivity contribution is 5.98. The summed E-state index contributed by atoms with van der Waals surface area (Å²) in [6.45, 7) is 3.26. The number of halogens is 1. The van der Waals surface area contributed by atoms with Crippen molar-refractivity contribution in [1.29, 1.82) is 0 Å². The summed E-state index contributed by atoms with van der Waals surface area (Å²) in [7, 11) is 0. The molecular weight excluding hydrogens is 457 g/mol. The third-order valence-electron chi connectivity index (χ3n) is 7.30. The maximum Gasteiger partial charge on any atom is 0.164 e. The quantitative estimate of drug-likeness (QED) is 0.436. The number of piperidine rings is 2. The second-order valence-corrected chi connectivity index (χ2v) is 9.54. The van der Waals surface area contributed by atoms with Gasteiger partial charge in [0.15, 0.2) is 5.65 Å². The molecule has 186 valence electrons. The minimum absolute atomic E-state index is 0.341. The van der Waals surface area contributed by atoms with Gasteiger partial charge in [0, 0.05) is 24.7 Å². The molecule has 2 aromatic heterocycles. The van der Waals surface area contributed by atoms with Gasteiger partial charge in [0.05, 0.1) is 11.4 Å². The summed E-state index contributed by atoms with van der Waals surface area (Å²) >= 11 is 0. The van der Waals surface area contributed by atoms with Crippen LogP contribution in [0.1, 0.15) is 25.3 Å². The fraction of sp³-hybridized carbons (Fsp3) is 0.370. The molecule has 2 saturated heterocycles. The van der Waals surface area contributed by atoms with Crippen molar-refractivity contribution in [3.63, 3.8) is 0 Å². The van der Waals surface area contributed by atoms with E-state index < -0.39 is 12.2 Å². The summed E-state index contributed by atoms with van der Waals surface area (Å²) in [5.41, 5.74) is 8.37. The molecule has 4 aromatic rings. The largest absolute Gasteiger partial charge is 0.457 e. The number of alkyl halides is 1. The number of fused-ring (bicyclic) bond motifs is 1. The highest BCUT2D eigenvalue weighted by Gasteiger charge is 2.36. The van der Waals surface area contributed by atoms with Crippen LogP contribution >= 0.6 is 0 Å². The summed E-state index contributed by atoms with van der Waals surface area (Å²) in [6.07, 6.45) is 3.20. The average molecular weight is 488 g/mol. The van der Waals surface area contributed by atoms with Gasteiger partial charge in [-0.25, -0.2) is 19.0 Å². The minimum atomic E-state index is -1.04. The number of aromatic nitrogens is 4. The zero-order valence-electron chi connectivity index (χ0n) is 20.1. The predicted molar refractivity (Wildman–Crippen MR) is 138 cm³/mol. The van der Waals surface area contributed by atoms with Gasteiger partial charge >= 0.3 is 0 Å². The average Bonchev–Trinajstić information content (AvgIpc) is 3.31. The number of nitrogens with two attached hydrogens (primary N) is 1. The van der Waals surface area contributed by atoms with Crippen molar-refractivity contribution in [1.82, 2.24) is 30.0 Å². The second-order valence-electron chi connectivity index (χ2n) is 9.54. The Hall–Kier alpha value is -3.56. The predicted octanol–water partition coefficient (Wildman–Crippen LogP) is 4.20. The molecule has 2 fully saturated rings. The number of likely N-dealkylation sites (tertiary alicyclic amines) is 1. The number of benzene rings is 2. The van der Waals surface area contributed by atoms with Gasteiger partial charge in [0.2, 0.25) is 0 Å². The van der Waals surface area contributed by atoms with Crippen LogP contribution in [0.5, 0.6) is 11.5 Å². The molecule has 0 bridgehead atoms. The first kappa shape index (κ1) is 22.9. The van der Waals surface area contributed by atoms with Crippen molar-refractivity contribution in [3.8, 4) is 22.8 Å². The van der Waals surface area contributed by atoms with Gasteiger partial charge < -0.3 is 15.8 Å². The molecule has 0 spiro atoms. The highest BCUT2D eigenvalue weighted by atomic mass is 19.1. The second kappa shape index (κ2) is 9.83. The van der Waals surface area contributed by atoms with Crippen LogP contribution in [0.2, 0.25) is 0 Å². The van der Waals surface area contributed by atoms with Gasteiger partial charge in [-0.15, -0.1) is 0 Å². The number of anilines is 1. The Morgan fingerprint density at radius 1 is 0.944 bits per heavy atom. The van der Waals surface area contributed by atoms with E-state index in [9.17, 15) is 0 Å². The molecule has 1 unspecified atom stereocenters. The van der Waals surface area contributed by atoms with Crippen LogP contribution < -0.4 is 15.8 Å². The third kappa shape index (κ3) is 4.40. The number of ether oxygens (including phenoxy) is 1. The van der Waals surface area contributed by atoms with Crippen molar-refractivity contribution in [2.75, 3.05) is 31.9 Å². The van der Waals surface area contributed by atoms with Gasteiger partial charge in [0.25, 0.3) is 0 Å². The van der Waals surface area contributed by atoms with Crippen LogP contribution in [0.4, 0.5) is 10.2 Å². The first-order chi connectivity index (χ1) is 17.7. The summed E-state index contributed by atoms with van der Waals surface area (Å²) in [5, 5.41) is 8.92. The molecule has 36 heavy (non-hydrogen) atoms. The Bertz CT molecular complexity index is 1320. The molecule has 0 amide bonds. The molecule has 3 N–H and O–H groups in total. The van der Waals surface area contributed by atoms with E-state index >= 15 is 4.39 Å². The minimum Gasteiger partial charge on any atom is -0.457 e. The van der Waals surface area contributed by atoms with Gasteiger partial charge in [-0.1, -0.05) is 18.2 Å². The zero-order valence-corrected chi connectivity index (χ0v) is 20.1. The molecule has 8 nitrogen and oxygen atoms in total. The van der Waals surface area contributed by atoms with Crippen molar-refractivity contribution in [3.05, 3.63) is 60.9 Å². The Balaban J connectivity index is 1.29. The SMILES string of the molecule is Nc1ncnc2c1c(-c1ccc(Oc3ccccc3)cc1)nn2C1CCN(C2CCNCC2)C[C@@H]1F. The Morgan fingerprint density at radius 3 is 2.44 bits per heavy atom. The Morgan fingerprint density at radius 2 is 1.69 bits per heavy atom. The summed E-state index contributed by atoms with van der Waals surface area (Å²) in [4.78, 5) is 11.0. The van der Waals surface area contributed by atoms with E-state index in [0.29, 0.717) is 47.3 Å². The molecule has 4 heterocycles. The summed E-state index contributed by atoms with van der Waals surface area (Å²) in [6, 6.07) is 17.3. The first-order valence-electron chi connectivity index (χ1n) is 12.6. The molecule has 0 saturated carbocycles. The van der Waals surface area contributed by atoms with E-state index in [1.54, 1.807) is 4.68 Å². The van der Waals surface area contributed by atoms with Crippen LogP contribution in [-0.4, -0.2) is 63.0 Å². The molecule has 6 rings (SSSR count). The maximum absolute atomic E-state index is 15.6. The smallest absolute Gasteiger partial charge is 0.164 e. The van der Waals surface area contributed by atoms with E-state index in [-0.39, 0.29) is 0 Å². The molecule has 2 aromatic carbocycles. The van der Waals surface area contributed by atoms with Gasteiger partial charge in [-0.3, -0.25) is 4.90 Å². The standard InChI is InChI=1S/C27H30FN7O/c28-22-16-34(19-10-13-30-14-11-19)15-12-23(22)35-27-24(26(29)31-17-32-27)25(33-35)18-6-8-21(9-7-18)36-20-4-2-1-3-5-20/h1-9,17,19,22-23,30H,10-16H2,(H2,29,31,32)/t22-,23?/m0/s1. The van der Waals surface area contributed by atoms with E-state index in [4.69, 9.17) is 15.6 Å². The van der Waals surface area contributed by atoms with E-state index in [1.807, 2.05) is 54.6 Å². The van der Waals surface area contributed by atoms with Crippen LogP contribution in [0.3, 0.4) is 0 Å². The fourth-order valence-electron chi connectivity index (χ4n) is 5.43. The summed E-state index contributed by atoms with van der Waals surface area (Å²) < 4.78 is 23.3. The number of hydrogen-bond acceptors (Lipinski definition) is 7. The fourth-order valence-corrected chi connectivity index (χ4v) is 5.43. The molecule has 2 aliphatic rings. The Kier molecular flexibility index (Phi) is 6.25. The number of para-hydroxylation sites is 1. The van der Waals surface area contributed by atoms with Crippen LogP contribution in [0.25, 0.3) is 22.3 Å². The topological polar surface area (TPSA) is 94.1 Å². The van der Waals surface area contributed by atoms with E-state index in [1.165, 1.54) is 6.33 Å². The molecule has 2 aliphatic heterocycles. The van der Waals surface area contributed by atoms with Gasteiger partial charge in [-0.05, 0) is 68.8 Å². The van der Waals surface area contributed by atoms with Gasteiger partial charge in [-0.2, -0.15) is 5.10 Å². The number of nitrogens with zero attached hydrogens (tertiary/aromatic N) is 5. The third-order valence-corrected chi connectivity index (χ3v) is 7.30. The number of hydrogen-bond donors (Lipinski definition) is 2. The number of nitrogens with one attached hydrogen (secondary N) is 1. The highest BCUT2D eigenvalue weighted by Crippen LogP contribution is 2.36. The van der Waals surface area contributed by atoms with Crippen LogP contribution in [0.15, 0.2) is 60.9 Å². The molecule has 0 radical (unpaired) electrons. The lowest BCUT2D eigenvalue weighted by Gasteiger charge is -2.41. The van der Waals surface area contributed by atoms with Crippen molar-refractivity contribution in [2.24, 2.45) is 0 Å². The Labute approximate surface area is 209 Å². The van der Waals surface area contributed by atoms with Crippen LogP contribution in [-0.2, 0) is 0 Å². The first-order valence-corrected chi connectivity index (χ1v) is 12.6. The van der Waals surface area contributed by atoms with E-state index in [2.05, 4.69) is 20.2 Å². The molecule has 9 heteroatoms. The lowest BCUT2D eigenvalue weighted by Crippen LogP contribution is -2.50. The summed E-state index contributed by atoms with van der Waals surface area (Å²) in [5.74, 6) is 1.82. The maximum atomic E-state index is 15.6. The van der Waals surface area contributed by atoms with Gasteiger partial charge in [0.1, 0.15) is 35.5 Å². The molecule has 0 aliphatic carbocycles. The monoisotopic (exact) mass is 487 g/mol. The zero-order chi connectivity index (χ0) is 24.5. The van der Waals surface area contributed by atoms with Crippen molar-refractivity contribution >= 4 is 16.9 Å². The van der Waals surface area contributed by atoms with E-state index in [0.717, 1.165) is 43.8 Å². The van der Waals surface area contributed by atoms with Crippen LogP contribution in [0, 0.1) is 0 Å². The number of rotatable bonds is 5. The van der Waals surface area contributed by atoms with Crippen molar-refractivity contribution < 1.29 is 9.13 Å².